The van der Waals surface area contributed by atoms with Crippen LogP contribution in [0.2, 0.25) is 0 Å². The van der Waals surface area contributed by atoms with E-state index < -0.39 is 35.1 Å². The summed E-state index contributed by atoms with van der Waals surface area (Å²) in [6.07, 6.45) is -4.66. The monoisotopic (exact) mass is 396 g/mol. The van der Waals surface area contributed by atoms with Crippen LogP contribution in [0, 0.1) is 11.6 Å². The topological polar surface area (TPSA) is 68.2 Å². The zero-order chi connectivity index (χ0) is 20.1. The van der Waals surface area contributed by atoms with Crippen LogP contribution in [0.5, 0.6) is 0 Å². The van der Waals surface area contributed by atoms with Gasteiger partial charge in [0.25, 0.3) is 5.91 Å². The van der Waals surface area contributed by atoms with Crippen LogP contribution in [0.25, 0.3) is 11.3 Å². The minimum absolute atomic E-state index is 0.00140. The highest BCUT2D eigenvalue weighted by atomic mass is 19.4. The Labute approximate surface area is 153 Å². The molecule has 3 aromatic rings. The van der Waals surface area contributed by atoms with E-state index in [1.165, 1.54) is 18.2 Å². The molecule has 0 spiro atoms. The summed E-state index contributed by atoms with van der Waals surface area (Å²) in [7, 11) is 0. The molecule has 1 amide bonds. The summed E-state index contributed by atoms with van der Waals surface area (Å²) >= 11 is 0. The van der Waals surface area contributed by atoms with Crippen molar-refractivity contribution in [1.29, 1.82) is 0 Å². The van der Waals surface area contributed by atoms with Gasteiger partial charge < -0.3 is 5.32 Å². The maximum absolute atomic E-state index is 13.7. The van der Waals surface area contributed by atoms with Gasteiger partial charge in [0, 0.05) is 17.2 Å². The molecule has 0 aliphatic carbocycles. The van der Waals surface area contributed by atoms with Gasteiger partial charge in [0.15, 0.2) is 5.69 Å². The summed E-state index contributed by atoms with van der Waals surface area (Å²) in [5, 5.41) is 5.42. The number of benzene rings is 2. The molecular weight excluding hydrogens is 387 g/mol. The number of para-hydroxylation sites is 1. The SMILES string of the molecule is O=C(Nc1c(F)cccc1F)c1ccc2c(c1)NOn1nc(C(F)(F)F)cc1-2. The van der Waals surface area contributed by atoms with Gasteiger partial charge in [-0.15, -0.1) is 5.10 Å². The Morgan fingerprint density at radius 1 is 1.11 bits per heavy atom. The summed E-state index contributed by atoms with van der Waals surface area (Å²) in [4.78, 5) is 17.9. The van der Waals surface area contributed by atoms with Crippen LogP contribution in [0.3, 0.4) is 0 Å². The Morgan fingerprint density at radius 2 is 1.82 bits per heavy atom. The molecule has 0 saturated carbocycles. The first-order valence-corrected chi connectivity index (χ1v) is 7.74. The molecule has 6 nitrogen and oxygen atoms in total. The molecule has 28 heavy (non-hydrogen) atoms. The Hall–Kier alpha value is -3.63. The standard InChI is InChI=1S/C17H9F5N4O2/c18-10-2-1-3-11(19)15(10)23-16(27)8-4-5-9-12(6-8)25-28-26-13(9)7-14(24-26)17(20,21)22/h1-7,25H,(H,23,27). The zero-order valence-corrected chi connectivity index (χ0v) is 13.6. The lowest BCUT2D eigenvalue weighted by atomic mass is 10.1. The fourth-order valence-corrected chi connectivity index (χ4v) is 2.64. The second-order valence-corrected chi connectivity index (χ2v) is 5.79. The van der Waals surface area contributed by atoms with Crippen molar-refractivity contribution in [3.05, 3.63) is 65.4 Å². The van der Waals surface area contributed by atoms with Crippen LogP contribution in [0.4, 0.5) is 33.3 Å². The Kier molecular flexibility index (Phi) is 3.95. The highest BCUT2D eigenvalue weighted by Gasteiger charge is 2.36. The molecule has 0 unspecified atom stereocenters. The molecule has 2 heterocycles. The minimum atomic E-state index is -4.66. The molecular formula is C17H9F5N4O2. The number of anilines is 2. The minimum Gasteiger partial charge on any atom is -0.317 e. The summed E-state index contributed by atoms with van der Waals surface area (Å²) in [5.41, 5.74) is 1.12. The van der Waals surface area contributed by atoms with Crippen molar-refractivity contribution in [3.63, 3.8) is 0 Å². The number of nitrogens with zero attached hydrogens (tertiary/aromatic N) is 2. The van der Waals surface area contributed by atoms with Gasteiger partial charge in [-0.2, -0.15) is 18.7 Å². The van der Waals surface area contributed by atoms with Crippen molar-refractivity contribution >= 4 is 17.3 Å². The lowest BCUT2D eigenvalue weighted by Gasteiger charge is -2.19. The largest absolute Gasteiger partial charge is 0.435 e. The van der Waals surface area contributed by atoms with Crippen LogP contribution in [-0.4, -0.2) is 15.9 Å². The van der Waals surface area contributed by atoms with Crippen molar-refractivity contribution < 1.29 is 31.7 Å². The van der Waals surface area contributed by atoms with Crippen molar-refractivity contribution in [2.75, 3.05) is 10.8 Å². The second kappa shape index (κ2) is 6.22. The molecule has 144 valence electrons. The average Bonchev–Trinajstić information content (AvgIpc) is 3.09. The molecule has 0 saturated heterocycles. The van der Waals surface area contributed by atoms with E-state index in [9.17, 15) is 26.7 Å². The maximum Gasteiger partial charge on any atom is 0.435 e. The van der Waals surface area contributed by atoms with Gasteiger partial charge in [-0.05, 0) is 30.3 Å². The molecule has 4 rings (SSSR count). The van der Waals surface area contributed by atoms with Crippen LogP contribution in [0.1, 0.15) is 16.1 Å². The average molecular weight is 396 g/mol. The third-order valence-electron chi connectivity index (χ3n) is 3.97. The predicted octanol–water partition coefficient (Wildman–Crippen LogP) is 3.87. The van der Waals surface area contributed by atoms with Gasteiger partial charge in [0.1, 0.15) is 23.0 Å². The molecule has 0 fully saturated rings. The van der Waals surface area contributed by atoms with Crippen molar-refractivity contribution in [2.45, 2.75) is 6.18 Å². The van der Waals surface area contributed by atoms with Crippen LogP contribution in [0.15, 0.2) is 42.5 Å². The first-order valence-electron chi connectivity index (χ1n) is 7.74. The number of aromatic nitrogens is 2. The molecule has 1 aromatic heterocycles. The molecule has 0 bridgehead atoms. The first-order chi connectivity index (χ1) is 13.2. The number of fused-ring (bicyclic) bond motifs is 3. The number of amides is 1. The number of hydrogen-bond acceptors (Lipinski definition) is 4. The molecule has 2 aromatic carbocycles. The fraction of sp³-hybridized carbons (Fsp3) is 0.0588. The summed E-state index contributed by atoms with van der Waals surface area (Å²) in [6, 6.07) is 7.86. The van der Waals surface area contributed by atoms with Gasteiger partial charge >= 0.3 is 6.18 Å². The molecule has 1 aliphatic rings. The zero-order valence-electron chi connectivity index (χ0n) is 13.6. The van der Waals surface area contributed by atoms with E-state index in [0.29, 0.717) is 10.4 Å². The third kappa shape index (κ3) is 3.00. The van der Waals surface area contributed by atoms with Gasteiger partial charge in [-0.1, -0.05) is 10.9 Å². The third-order valence-corrected chi connectivity index (χ3v) is 3.97. The lowest BCUT2D eigenvalue weighted by molar-refractivity contribution is -0.142. The number of nitrogens with one attached hydrogen (secondary N) is 2. The van der Waals surface area contributed by atoms with Crippen LogP contribution < -0.4 is 15.7 Å². The fourth-order valence-electron chi connectivity index (χ4n) is 2.64. The van der Waals surface area contributed by atoms with Crippen molar-refractivity contribution in [1.82, 2.24) is 9.94 Å². The number of rotatable bonds is 2. The van der Waals surface area contributed by atoms with E-state index in [1.54, 1.807) is 0 Å². The van der Waals surface area contributed by atoms with E-state index in [4.69, 9.17) is 4.94 Å². The smallest absolute Gasteiger partial charge is 0.317 e. The number of carbonyl (C=O) groups is 1. The van der Waals surface area contributed by atoms with Gasteiger partial charge in [-0.25, -0.2) is 8.78 Å². The normalized spacial score (nSPS) is 12.5. The Bertz CT molecular complexity index is 1070. The van der Waals surface area contributed by atoms with Gasteiger partial charge in [-0.3, -0.25) is 9.73 Å². The highest BCUT2D eigenvalue weighted by molar-refractivity contribution is 6.05. The number of carbonyl (C=O) groups excluding carboxylic acids is 1. The van der Waals surface area contributed by atoms with E-state index in [-0.39, 0.29) is 16.9 Å². The van der Waals surface area contributed by atoms with Gasteiger partial charge in [0.05, 0.1) is 5.69 Å². The predicted molar refractivity (Wildman–Crippen MR) is 87.2 cm³/mol. The molecule has 11 heteroatoms. The number of halogens is 5. The first kappa shape index (κ1) is 17.8. The lowest BCUT2D eigenvalue weighted by Crippen LogP contribution is -2.25. The highest BCUT2D eigenvalue weighted by Crippen LogP contribution is 2.36. The van der Waals surface area contributed by atoms with Crippen molar-refractivity contribution in [2.24, 2.45) is 0 Å². The second-order valence-electron chi connectivity index (χ2n) is 5.79. The summed E-state index contributed by atoms with van der Waals surface area (Å²) in [5.74, 6) is -2.71. The van der Waals surface area contributed by atoms with Gasteiger partial charge in [0.2, 0.25) is 0 Å². The van der Waals surface area contributed by atoms with E-state index in [1.807, 2.05) is 0 Å². The van der Waals surface area contributed by atoms with Crippen molar-refractivity contribution in [3.8, 4) is 11.3 Å². The van der Waals surface area contributed by atoms with E-state index >= 15 is 0 Å². The summed E-state index contributed by atoms with van der Waals surface area (Å²) in [6.45, 7) is 0. The Balaban J connectivity index is 1.65. The van der Waals surface area contributed by atoms with Crippen LogP contribution in [-0.2, 0) is 6.18 Å². The molecule has 1 aliphatic heterocycles. The van der Waals surface area contributed by atoms with E-state index in [0.717, 1.165) is 24.3 Å². The molecule has 0 radical (unpaired) electrons. The summed E-state index contributed by atoms with van der Waals surface area (Å²) < 4.78 is 65.8. The number of hydrogen-bond donors (Lipinski definition) is 2. The number of alkyl halides is 3. The van der Waals surface area contributed by atoms with E-state index in [2.05, 4.69) is 15.9 Å². The Morgan fingerprint density at radius 3 is 2.50 bits per heavy atom. The maximum atomic E-state index is 13.7. The molecule has 0 atom stereocenters. The molecule has 2 N–H and O–H groups in total. The van der Waals surface area contributed by atoms with Crippen LogP contribution >= 0.6 is 0 Å². The quantitative estimate of drug-likeness (QED) is 0.646.